The lowest BCUT2D eigenvalue weighted by Crippen LogP contribution is -2.24. The van der Waals surface area contributed by atoms with Gasteiger partial charge in [0.05, 0.1) is 12.2 Å². The van der Waals surface area contributed by atoms with Crippen molar-refractivity contribution in [2.75, 3.05) is 13.7 Å². The lowest BCUT2D eigenvalue weighted by atomic mass is 10.2. The van der Waals surface area contributed by atoms with Gasteiger partial charge >= 0.3 is 0 Å². The lowest BCUT2D eigenvalue weighted by molar-refractivity contribution is 0.0197. The molecule has 0 spiro atoms. The number of rotatable bonds is 7. The summed E-state index contributed by atoms with van der Waals surface area (Å²) >= 11 is 0. The van der Waals surface area contributed by atoms with Crippen LogP contribution in [0.5, 0.6) is 0 Å². The molecular weight excluding hydrogens is 192 g/mol. The fourth-order valence-electron chi connectivity index (χ4n) is 1.20. The van der Waals surface area contributed by atoms with Crippen LogP contribution in [0.15, 0.2) is 0 Å². The van der Waals surface area contributed by atoms with Gasteiger partial charge in [0.15, 0.2) is 0 Å². The molecule has 0 bridgehead atoms. The highest BCUT2D eigenvalue weighted by atomic mass is 28.3. The molecule has 2 atom stereocenters. The van der Waals surface area contributed by atoms with Gasteiger partial charge in [0.25, 0.3) is 0 Å². The minimum absolute atomic E-state index is 0.303. The van der Waals surface area contributed by atoms with E-state index in [9.17, 15) is 0 Å². The summed E-state index contributed by atoms with van der Waals surface area (Å²) in [5.74, 6) is 0. The van der Waals surface area contributed by atoms with Crippen LogP contribution in [0.3, 0.4) is 0 Å². The molecule has 0 amide bonds. The van der Waals surface area contributed by atoms with Gasteiger partial charge in [-0.2, -0.15) is 0 Å². The van der Waals surface area contributed by atoms with Crippen LogP contribution in [0.4, 0.5) is 0 Å². The summed E-state index contributed by atoms with van der Waals surface area (Å²) < 4.78 is 10.9. The van der Waals surface area contributed by atoms with Crippen LogP contribution in [-0.2, 0) is 9.47 Å². The van der Waals surface area contributed by atoms with Crippen molar-refractivity contribution in [3.8, 4) is 0 Å². The van der Waals surface area contributed by atoms with Crippen LogP contribution in [0.25, 0.3) is 0 Å². The zero-order valence-corrected chi connectivity index (χ0v) is 11.6. The van der Waals surface area contributed by atoms with E-state index in [1.165, 1.54) is 6.04 Å². The first kappa shape index (κ1) is 14.1. The molecule has 0 aliphatic heterocycles. The van der Waals surface area contributed by atoms with E-state index in [-0.39, 0.29) is 0 Å². The van der Waals surface area contributed by atoms with E-state index in [0.29, 0.717) is 12.2 Å². The number of ether oxygens (including phenoxy) is 2. The van der Waals surface area contributed by atoms with Crippen LogP contribution in [0.2, 0.25) is 25.7 Å². The van der Waals surface area contributed by atoms with Crippen molar-refractivity contribution in [3.63, 3.8) is 0 Å². The Bertz CT molecular complexity index is 143. The first-order valence-electron chi connectivity index (χ1n) is 5.49. The van der Waals surface area contributed by atoms with Gasteiger partial charge in [0.2, 0.25) is 0 Å². The highest BCUT2D eigenvalue weighted by Gasteiger charge is 2.14. The Balaban J connectivity index is 3.49. The fraction of sp³-hybridized carbons (Fsp3) is 1.00. The Hall–Kier alpha value is 0.137. The molecule has 2 unspecified atom stereocenters. The molecule has 0 aromatic carbocycles. The molecule has 0 heterocycles. The zero-order valence-electron chi connectivity index (χ0n) is 10.6. The monoisotopic (exact) mass is 218 g/mol. The Labute approximate surface area is 90.0 Å². The van der Waals surface area contributed by atoms with Crippen molar-refractivity contribution in [2.45, 2.75) is 58.2 Å². The van der Waals surface area contributed by atoms with E-state index in [0.717, 1.165) is 13.0 Å². The SMILES string of the molecule is COC(C)CC(C)OCC[Si](C)(C)C. The second-order valence-electron chi connectivity index (χ2n) is 5.27. The van der Waals surface area contributed by atoms with Crippen molar-refractivity contribution < 1.29 is 9.47 Å². The van der Waals surface area contributed by atoms with Crippen molar-refractivity contribution >= 4 is 8.07 Å². The summed E-state index contributed by atoms with van der Waals surface area (Å²) in [6, 6.07) is 1.25. The summed E-state index contributed by atoms with van der Waals surface area (Å²) in [6.45, 7) is 12.2. The van der Waals surface area contributed by atoms with Gasteiger partial charge in [-0.15, -0.1) is 0 Å². The molecule has 14 heavy (non-hydrogen) atoms. The van der Waals surface area contributed by atoms with E-state index < -0.39 is 8.07 Å². The molecule has 0 aromatic heterocycles. The van der Waals surface area contributed by atoms with Gasteiger partial charge in [0.1, 0.15) is 0 Å². The quantitative estimate of drug-likeness (QED) is 0.611. The third-order valence-corrected chi connectivity index (χ3v) is 4.02. The van der Waals surface area contributed by atoms with E-state index >= 15 is 0 Å². The third-order valence-electron chi connectivity index (χ3n) is 2.32. The second kappa shape index (κ2) is 6.59. The van der Waals surface area contributed by atoms with Crippen LogP contribution in [-0.4, -0.2) is 34.0 Å². The molecule has 0 aliphatic carbocycles. The number of hydrogen-bond acceptors (Lipinski definition) is 2. The summed E-state index contributed by atoms with van der Waals surface area (Å²) in [5.41, 5.74) is 0. The summed E-state index contributed by atoms with van der Waals surface area (Å²) in [6.07, 6.45) is 1.61. The second-order valence-corrected chi connectivity index (χ2v) is 10.9. The van der Waals surface area contributed by atoms with Gasteiger partial charge in [-0.05, 0) is 26.3 Å². The van der Waals surface area contributed by atoms with Gasteiger partial charge in [-0.3, -0.25) is 0 Å². The van der Waals surface area contributed by atoms with Crippen LogP contribution < -0.4 is 0 Å². The fourth-order valence-corrected chi connectivity index (χ4v) is 1.93. The normalized spacial score (nSPS) is 16.7. The lowest BCUT2D eigenvalue weighted by Gasteiger charge is -2.20. The highest BCUT2D eigenvalue weighted by Crippen LogP contribution is 2.10. The largest absolute Gasteiger partial charge is 0.382 e. The molecule has 86 valence electrons. The Morgan fingerprint density at radius 1 is 1.07 bits per heavy atom. The Kier molecular flexibility index (Phi) is 6.65. The van der Waals surface area contributed by atoms with E-state index in [4.69, 9.17) is 9.47 Å². The summed E-state index contributed by atoms with van der Waals surface area (Å²) in [4.78, 5) is 0. The topological polar surface area (TPSA) is 18.5 Å². The molecule has 0 aliphatic rings. The molecule has 0 aromatic rings. The number of hydrogen-bond donors (Lipinski definition) is 0. The zero-order chi connectivity index (χ0) is 11.2. The first-order valence-corrected chi connectivity index (χ1v) is 9.20. The summed E-state index contributed by atoms with van der Waals surface area (Å²) in [7, 11) is 0.821. The van der Waals surface area contributed by atoms with Crippen molar-refractivity contribution in [3.05, 3.63) is 0 Å². The van der Waals surface area contributed by atoms with E-state index in [1.807, 2.05) is 0 Å². The highest BCUT2D eigenvalue weighted by molar-refractivity contribution is 6.76. The smallest absolute Gasteiger partial charge is 0.0571 e. The maximum Gasteiger partial charge on any atom is 0.0571 e. The van der Waals surface area contributed by atoms with Crippen molar-refractivity contribution in [1.29, 1.82) is 0 Å². The molecule has 2 nitrogen and oxygen atoms in total. The van der Waals surface area contributed by atoms with Gasteiger partial charge in [0, 0.05) is 21.8 Å². The standard InChI is InChI=1S/C11H26O2Si/c1-10(12-3)9-11(2)13-7-8-14(4,5)6/h10-11H,7-9H2,1-6H3. The van der Waals surface area contributed by atoms with Gasteiger partial charge < -0.3 is 9.47 Å². The van der Waals surface area contributed by atoms with Gasteiger partial charge in [-0.1, -0.05) is 19.6 Å². The van der Waals surface area contributed by atoms with E-state index in [1.54, 1.807) is 7.11 Å². The predicted molar refractivity (Wildman–Crippen MR) is 64.7 cm³/mol. The summed E-state index contributed by atoms with van der Waals surface area (Å²) in [5, 5.41) is 0. The molecule has 0 rings (SSSR count). The Morgan fingerprint density at radius 2 is 1.64 bits per heavy atom. The molecule has 3 heteroatoms. The minimum atomic E-state index is -0.929. The third kappa shape index (κ3) is 8.72. The van der Waals surface area contributed by atoms with Crippen LogP contribution >= 0.6 is 0 Å². The van der Waals surface area contributed by atoms with Crippen LogP contribution in [0, 0.1) is 0 Å². The number of methoxy groups -OCH3 is 1. The van der Waals surface area contributed by atoms with Gasteiger partial charge in [-0.25, -0.2) is 0 Å². The maximum absolute atomic E-state index is 5.75. The van der Waals surface area contributed by atoms with Crippen molar-refractivity contribution in [2.24, 2.45) is 0 Å². The minimum Gasteiger partial charge on any atom is -0.382 e. The molecule has 0 fully saturated rings. The average molecular weight is 218 g/mol. The van der Waals surface area contributed by atoms with E-state index in [2.05, 4.69) is 33.5 Å². The van der Waals surface area contributed by atoms with Crippen LogP contribution in [0.1, 0.15) is 20.3 Å². The molecule has 0 saturated heterocycles. The van der Waals surface area contributed by atoms with Crippen molar-refractivity contribution in [1.82, 2.24) is 0 Å². The maximum atomic E-state index is 5.75. The first-order chi connectivity index (χ1) is 6.35. The molecule has 0 saturated carbocycles. The Morgan fingerprint density at radius 3 is 2.07 bits per heavy atom. The molecule has 0 radical (unpaired) electrons. The molecule has 0 N–H and O–H groups in total. The molecular formula is C11H26O2Si. The predicted octanol–water partition coefficient (Wildman–Crippen LogP) is 3.15. The average Bonchev–Trinajstić information content (AvgIpc) is 2.01.